The van der Waals surface area contributed by atoms with E-state index in [1.54, 1.807) is 30.3 Å². The van der Waals surface area contributed by atoms with Crippen molar-refractivity contribution in [3.63, 3.8) is 0 Å². The second-order valence-electron chi connectivity index (χ2n) is 11.0. The van der Waals surface area contributed by atoms with Gasteiger partial charge in [0.05, 0.1) is 10.5 Å². The Balaban J connectivity index is 1.51. The minimum absolute atomic E-state index is 0.0370. The second-order valence-corrected chi connectivity index (χ2v) is 13.8. The fourth-order valence-corrected chi connectivity index (χ4v) is 7.28. The molecule has 16 heteroatoms. The fourth-order valence-electron chi connectivity index (χ4n) is 6.06. The largest absolute Gasteiger partial charge is 0.324 e. The van der Waals surface area contributed by atoms with Gasteiger partial charge in [-0.1, -0.05) is 60.7 Å². The molecule has 48 heavy (non-hydrogen) atoms. The average molecular weight is 675 g/mol. The maximum absolute atomic E-state index is 12.5. The topological polar surface area (TPSA) is 218 Å². The van der Waals surface area contributed by atoms with Crippen molar-refractivity contribution in [3.05, 3.63) is 84.9 Å². The highest BCUT2D eigenvalue weighted by Gasteiger charge is 2.29. The van der Waals surface area contributed by atoms with E-state index < -0.39 is 25.1 Å². The van der Waals surface area contributed by atoms with Crippen LogP contribution >= 0.6 is 0 Å². The zero-order valence-corrected chi connectivity index (χ0v) is 25.7. The molecule has 3 aromatic heterocycles. The van der Waals surface area contributed by atoms with Crippen molar-refractivity contribution in [2.24, 2.45) is 0 Å². The van der Waals surface area contributed by atoms with Crippen LogP contribution in [0.1, 0.15) is 0 Å². The molecule has 7 aromatic rings. The van der Waals surface area contributed by atoms with Gasteiger partial charge in [0.2, 0.25) is 0 Å². The zero-order chi connectivity index (χ0) is 32.9. The van der Waals surface area contributed by atoms with Crippen molar-refractivity contribution in [2.75, 3.05) is 0 Å². The van der Waals surface area contributed by atoms with Gasteiger partial charge in [0.1, 0.15) is 27.5 Å². The van der Waals surface area contributed by atoms with E-state index in [2.05, 4.69) is 19.9 Å². The molecular formula is C32H18N8O6S2. The standard InChI is InChI=1S/C32H18N8O6S2/c41-47(42,43)15-12-13-20-22(14-15)31-37-27-18-8-3-4-9-19(18)28(34-27)39-32-24-21(10-5-11-23(24)48(44,45)46)30(40-32)36-26-17-7-2-1-6-16(17)25(33-26)35-29(20)38-31/h1-14H,(H,41,42,43)(H,44,45,46)(H2,33,34,35,36,37,38,39,40). The van der Waals surface area contributed by atoms with Crippen LogP contribution in [0.4, 0.5) is 0 Å². The molecule has 0 unspecified atom stereocenters. The van der Waals surface area contributed by atoms with Crippen LogP contribution in [0.5, 0.6) is 0 Å². The van der Waals surface area contributed by atoms with E-state index in [9.17, 15) is 25.9 Å². The van der Waals surface area contributed by atoms with E-state index in [1.807, 2.05) is 24.3 Å². The fraction of sp³-hybridized carbons (Fsp3) is 0. The van der Waals surface area contributed by atoms with Gasteiger partial charge in [0.25, 0.3) is 20.2 Å². The highest BCUT2D eigenvalue weighted by Crippen LogP contribution is 2.40. The lowest BCUT2D eigenvalue weighted by molar-refractivity contribution is 0.481. The third kappa shape index (κ3) is 4.31. The summed E-state index contributed by atoms with van der Waals surface area (Å²) < 4.78 is 69.3. The predicted octanol–water partition coefficient (Wildman–Crippen LogP) is 5.36. The number of nitrogens with zero attached hydrogens (tertiary/aromatic N) is 6. The molecule has 0 atom stereocenters. The van der Waals surface area contributed by atoms with Crippen LogP contribution in [0.2, 0.25) is 0 Å². The van der Waals surface area contributed by atoms with E-state index in [4.69, 9.17) is 19.9 Å². The van der Waals surface area contributed by atoms with Gasteiger partial charge in [0, 0.05) is 38.2 Å². The Morgan fingerprint density at radius 1 is 0.458 bits per heavy atom. The monoisotopic (exact) mass is 674 g/mol. The summed E-state index contributed by atoms with van der Waals surface area (Å²) >= 11 is 0. The number of benzene rings is 4. The molecule has 9 rings (SSSR count). The van der Waals surface area contributed by atoms with Gasteiger partial charge in [0.15, 0.2) is 23.3 Å². The van der Waals surface area contributed by atoms with E-state index in [1.165, 1.54) is 30.3 Å². The molecule has 0 aliphatic carbocycles. The Morgan fingerprint density at radius 2 is 0.958 bits per heavy atom. The lowest BCUT2D eigenvalue weighted by Crippen LogP contribution is -2.01. The van der Waals surface area contributed by atoms with Crippen molar-refractivity contribution >= 4 is 64.4 Å². The zero-order valence-electron chi connectivity index (χ0n) is 24.1. The van der Waals surface area contributed by atoms with Gasteiger partial charge in [-0.05, 0) is 24.3 Å². The molecular weight excluding hydrogens is 657 g/mol. The van der Waals surface area contributed by atoms with Crippen LogP contribution in [0, 0.1) is 0 Å². The maximum Gasteiger partial charge on any atom is 0.295 e. The molecule has 4 aromatic carbocycles. The number of H-pyrrole nitrogens is 2. The first-order valence-electron chi connectivity index (χ1n) is 14.3. The Morgan fingerprint density at radius 3 is 1.58 bits per heavy atom. The van der Waals surface area contributed by atoms with Crippen molar-refractivity contribution in [1.29, 1.82) is 0 Å². The smallest absolute Gasteiger partial charge is 0.295 e. The van der Waals surface area contributed by atoms with Gasteiger partial charge in [-0.2, -0.15) is 16.8 Å². The number of hydrogen-bond acceptors (Lipinski definition) is 10. The van der Waals surface area contributed by atoms with E-state index >= 15 is 0 Å². The Bertz CT molecular complexity index is 2980. The first-order valence-corrected chi connectivity index (χ1v) is 17.1. The van der Waals surface area contributed by atoms with Gasteiger partial charge in [-0.15, -0.1) is 0 Å². The molecule has 0 fully saturated rings. The number of hydrogen-bond donors (Lipinski definition) is 4. The average Bonchev–Trinajstić information content (AvgIpc) is 3.79. The van der Waals surface area contributed by atoms with Crippen LogP contribution < -0.4 is 0 Å². The number of aromatic amines is 2. The van der Waals surface area contributed by atoms with Gasteiger partial charge >= 0.3 is 0 Å². The molecule has 0 spiro atoms. The normalized spacial score (nSPS) is 12.7. The summed E-state index contributed by atoms with van der Waals surface area (Å²) in [5.74, 6) is 0.488. The summed E-state index contributed by atoms with van der Waals surface area (Å²) in [4.78, 5) is 34.2. The molecule has 0 radical (unpaired) electrons. The van der Waals surface area contributed by atoms with Crippen LogP contribution in [-0.2, 0) is 20.2 Å². The molecule has 8 bridgehead atoms. The number of nitrogens with one attached hydrogen (secondary N) is 2. The minimum Gasteiger partial charge on any atom is -0.324 e. The second kappa shape index (κ2) is 9.79. The highest BCUT2D eigenvalue weighted by atomic mass is 32.2. The number of fused-ring (bicyclic) bond motifs is 20. The summed E-state index contributed by atoms with van der Waals surface area (Å²) in [6.45, 7) is 0. The number of rotatable bonds is 2. The lowest BCUT2D eigenvalue weighted by Gasteiger charge is -2.04. The highest BCUT2D eigenvalue weighted by molar-refractivity contribution is 7.86. The lowest BCUT2D eigenvalue weighted by atomic mass is 10.1. The van der Waals surface area contributed by atoms with Crippen LogP contribution in [0.25, 0.3) is 89.7 Å². The van der Waals surface area contributed by atoms with Crippen LogP contribution in [0.3, 0.4) is 0 Å². The van der Waals surface area contributed by atoms with E-state index in [0.29, 0.717) is 55.2 Å². The van der Waals surface area contributed by atoms with E-state index in [0.717, 1.165) is 0 Å². The van der Waals surface area contributed by atoms with Gasteiger partial charge < -0.3 is 9.97 Å². The molecule has 5 heterocycles. The third-order valence-corrected chi connectivity index (χ3v) is 9.93. The first-order chi connectivity index (χ1) is 23.0. The molecule has 234 valence electrons. The van der Waals surface area contributed by atoms with Crippen molar-refractivity contribution in [2.45, 2.75) is 9.79 Å². The summed E-state index contributed by atoms with van der Waals surface area (Å²) in [6, 6.07) is 23.0. The van der Waals surface area contributed by atoms with Gasteiger partial charge in [-0.25, -0.2) is 29.9 Å². The summed E-state index contributed by atoms with van der Waals surface area (Å²) in [6.07, 6.45) is 0. The van der Waals surface area contributed by atoms with E-state index in [-0.39, 0.29) is 39.4 Å². The van der Waals surface area contributed by atoms with Gasteiger partial charge in [-0.3, -0.25) is 9.11 Å². The minimum atomic E-state index is -4.70. The molecule has 0 saturated heterocycles. The van der Waals surface area contributed by atoms with Crippen molar-refractivity contribution in [1.82, 2.24) is 39.9 Å². The Kier molecular flexibility index (Phi) is 5.77. The van der Waals surface area contributed by atoms with Crippen LogP contribution in [-0.4, -0.2) is 65.8 Å². The number of aromatic nitrogens is 8. The third-order valence-electron chi connectivity index (χ3n) is 8.18. The SMILES string of the molecule is O=S(=O)(O)c1ccc2c3nc4[nH]c(nc5nc(nc6nc(nc([nH]3)c2c1)-c1ccccc1-6)-c1c-5cccc1S(=O)(=O)O)c1ccccc41. The quantitative estimate of drug-likeness (QED) is 0.170. The predicted molar refractivity (Wildman–Crippen MR) is 176 cm³/mol. The summed E-state index contributed by atoms with van der Waals surface area (Å²) in [7, 11) is -9.25. The molecule has 0 amide bonds. The molecule has 2 aliphatic rings. The molecule has 4 N–H and O–H groups in total. The Labute approximate surface area is 269 Å². The Hall–Kier alpha value is -5.94. The summed E-state index contributed by atoms with van der Waals surface area (Å²) in [5, 5.41) is 2.26. The summed E-state index contributed by atoms with van der Waals surface area (Å²) in [5.41, 5.74) is 2.88. The molecule has 0 saturated carbocycles. The first kappa shape index (κ1) is 28.3. The maximum atomic E-state index is 12.5. The van der Waals surface area contributed by atoms with Crippen molar-refractivity contribution in [3.8, 4) is 45.6 Å². The molecule has 2 aliphatic heterocycles. The van der Waals surface area contributed by atoms with Crippen molar-refractivity contribution < 1.29 is 25.9 Å². The molecule has 14 nitrogen and oxygen atoms in total. The van der Waals surface area contributed by atoms with Crippen LogP contribution in [0.15, 0.2) is 94.7 Å².